The van der Waals surface area contributed by atoms with Gasteiger partial charge in [0.1, 0.15) is 12.4 Å². The van der Waals surface area contributed by atoms with Crippen LogP contribution in [0.4, 0.5) is 4.79 Å². The van der Waals surface area contributed by atoms with Gasteiger partial charge in [0.15, 0.2) is 0 Å². The van der Waals surface area contributed by atoms with E-state index in [2.05, 4.69) is 11.0 Å². The lowest BCUT2D eigenvalue weighted by molar-refractivity contribution is 0.140. The third-order valence-electron chi connectivity index (χ3n) is 4.24. The van der Waals surface area contributed by atoms with Crippen LogP contribution in [-0.4, -0.2) is 48.7 Å². The number of hydrogen-bond acceptors (Lipinski definition) is 4. The van der Waals surface area contributed by atoms with E-state index in [0.29, 0.717) is 12.6 Å². The third-order valence-corrected chi connectivity index (χ3v) is 4.24. The number of likely N-dealkylation sites (tertiary alicyclic amines) is 1. The maximum absolute atomic E-state index is 11.5. The summed E-state index contributed by atoms with van der Waals surface area (Å²) in [7, 11) is 0. The molecule has 0 aliphatic carbocycles. The summed E-state index contributed by atoms with van der Waals surface area (Å²) >= 11 is 0. The molecule has 2 aliphatic heterocycles. The normalized spacial score (nSPS) is 24.7. The van der Waals surface area contributed by atoms with Crippen molar-refractivity contribution in [3.8, 4) is 0 Å². The molecule has 0 unspecified atom stereocenters. The standard InChI is InChI=1S/C15H22N2O3/c18-15-17(10-12-20-15)9-8-16-7-3-1-2-5-13(16)14-6-4-11-19-14/h4,6,11,13H,1-3,5,7-10,12H2/t13-/m1/s1. The quantitative estimate of drug-likeness (QED) is 0.849. The minimum absolute atomic E-state index is 0.172. The summed E-state index contributed by atoms with van der Waals surface area (Å²) in [6.45, 7) is 3.96. The number of cyclic esters (lactones) is 1. The summed E-state index contributed by atoms with van der Waals surface area (Å²) in [5, 5.41) is 0. The fraction of sp³-hybridized carbons (Fsp3) is 0.667. The molecule has 3 heterocycles. The summed E-state index contributed by atoms with van der Waals surface area (Å²) < 4.78 is 10.6. The van der Waals surface area contributed by atoms with Crippen molar-refractivity contribution in [3.63, 3.8) is 0 Å². The number of nitrogens with zero attached hydrogens (tertiary/aromatic N) is 2. The van der Waals surface area contributed by atoms with Crippen molar-refractivity contribution in [3.05, 3.63) is 24.2 Å². The highest BCUT2D eigenvalue weighted by Crippen LogP contribution is 2.30. The number of carbonyl (C=O) groups excluding carboxylic acids is 1. The first kappa shape index (κ1) is 13.5. The molecule has 0 bridgehead atoms. The molecule has 110 valence electrons. The molecule has 3 rings (SSSR count). The van der Waals surface area contributed by atoms with Crippen LogP contribution >= 0.6 is 0 Å². The summed E-state index contributed by atoms with van der Waals surface area (Å²) in [6.07, 6.45) is 6.46. The van der Waals surface area contributed by atoms with Crippen LogP contribution in [0, 0.1) is 0 Å². The second-order valence-corrected chi connectivity index (χ2v) is 5.52. The molecule has 0 saturated carbocycles. The number of amides is 1. The van der Waals surface area contributed by atoms with Gasteiger partial charge in [0.25, 0.3) is 0 Å². The Kier molecular flexibility index (Phi) is 4.25. The van der Waals surface area contributed by atoms with E-state index in [1.165, 1.54) is 19.3 Å². The van der Waals surface area contributed by atoms with Gasteiger partial charge in [-0.3, -0.25) is 4.90 Å². The zero-order valence-corrected chi connectivity index (χ0v) is 11.8. The van der Waals surface area contributed by atoms with Crippen LogP contribution in [0.25, 0.3) is 0 Å². The summed E-state index contributed by atoms with van der Waals surface area (Å²) in [5.41, 5.74) is 0. The molecule has 2 saturated heterocycles. The van der Waals surface area contributed by atoms with Gasteiger partial charge in [0.2, 0.25) is 0 Å². The Labute approximate surface area is 119 Å². The van der Waals surface area contributed by atoms with E-state index >= 15 is 0 Å². The van der Waals surface area contributed by atoms with E-state index in [1.807, 2.05) is 6.07 Å². The number of ether oxygens (including phenoxy) is 1. The first-order valence-corrected chi connectivity index (χ1v) is 7.54. The Hall–Kier alpha value is -1.49. The highest BCUT2D eigenvalue weighted by atomic mass is 16.6. The van der Waals surface area contributed by atoms with E-state index in [1.54, 1.807) is 11.2 Å². The molecule has 0 N–H and O–H groups in total. The topological polar surface area (TPSA) is 45.9 Å². The molecule has 1 atom stereocenters. The first-order chi connectivity index (χ1) is 9.84. The lowest BCUT2D eigenvalue weighted by atomic mass is 10.1. The molecule has 1 amide bonds. The predicted molar refractivity (Wildman–Crippen MR) is 74.4 cm³/mol. The van der Waals surface area contributed by atoms with Crippen LogP contribution in [0.2, 0.25) is 0 Å². The summed E-state index contributed by atoms with van der Waals surface area (Å²) in [6, 6.07) is 4.37. The highest BCUT2D eigenvalue weighted by Gasteiger charge is 2.27. The lowest BCUT2D eigenvalue weighted by Gasteiger charge is -2.29. The second kappa shape index (κ2) is 6.31. The van der Waals surface area contributed by atoms with Gasteiger partial charge in [-0.05, 0) is 31.5 Å². The van der Waals surface area contributed by atoms with Gasteiger partial charge in [0, 0.05) is 13.1 Å². The van der Waals surface area contributed by atoms with Gasteiger partial charge in [-0.15, -0.1) is 0 Å². The molecule has 0 spiro atoms. The monoisotopic (exact) mass is 278 g/mol. The molecular formula is C15H22N2O3. The van der Waals surface area contributed by atoms with Gasteiger partial charge in [-0.1, -0.05) is 12.8 Å². The van der Waals surface area contributed by atoms with Crippen molar-refractivity contribution < 1.29 is 13.9 Å². The molecule has 5 heteroatoms. The summed E-state index contributed by atoms with van der Waals surface area (Å²) in [5.74, 6) is 1.05. The van der Waals surface area contributed by atoms with Crippen molar-refractivity contribution in [2.24, 2.45) is 0 Å². The average molecular weight is 278 g/mol. The van der Waals surface area contributed by atoms with E-state index in [0.717, 1.165) is 38.4 Å². The van der Waals surface area contributed by atoms with Gasteiger partial charge in [-0.25, -0.2) is 4.79 Å². The number of furan rings is 1. The molecule has 0 radical (unpaired) electrons. The maximum Gasteiger partial charge on any atom is 0.409 e. The van der Waals surface area contributed by atoms with Crippen LogP contribution < -0.4 is 0 Å². The minimum atomic E-state index is -0.172. The molecule has 2 aliphatic rings. The average Bonchev–Trinajstić information content (AvgIpc) is 3.05. The van der Waals surface area contributed by atoms with Crippen molar-refractivity contribution in [1.82, 2.24) is 9.80 Å². The Morgan fingerprint density at radius 1 is 1.20 bits per heavy atom. The Bertz CT molecular complexity index is 432. The Morgan fingerprint density at radius 2 is 2.15 bits per heavy atom. The Morgan fingerprint density at radius 3 is 2.90 bits per heavy atom. The third kappa shape index (κ3) is 2.98. The number of carbonyl (C=O) groups is 1. The SMILES string of the molecule is O=C1OCCN1CCN1CCCCC[C@@H]1c1ccco1. The zero-order valence-electron chi connectivity index (χ0n) is 11.8. The molecule has 5 nitrogen and oxygen atoms in total. The van der Waals surface area contributed by atoms with E-state index < -0.39 is 0 Å². The van der Waals surface area contributed by atoms with Crippen LogP contribution in [0.5, 0.6) is 0 Å². The van der Waals surface area contributed by atoms with E-state index in [9.17, 15) is 4.79 Å². The van der Waals surface area contributed by atoms with Crippen molar-refractivity contribution in [1.29, 1.82) is 0 Å². The molecule has 2 fully saturated rings. The van der Waals surface area contributed by atoms with E-state index in [-0.39, 0.29) is 6.09 Å². The smallest absolute Gasteiger partial charge is 0.409 e. The number of rotatable bonds is 4. The van der Waals surface area contributed by atoms with Crippen LogP contribution in [-0.2, 0) is 4.74 Å². The van der Waals surface area contributed by atoms with E-state index in [4.69, 9.17) is 9.15 Å². The predicted octanol–water partition coefficient (Wildman–Crippen LogP) is 2.65. The molecule has 20 heavy (non-hydrogen) atoms. The van der Waals surface area contributed by atoms with Crippen LogP contribution in [0.15, 0.2) is 22.8 Å². The first-order valence-electron chi connectivity index (χ1n) is 7.54. The lowest BCUT2D eigenvalue weighted by Crippen LogP contribution is -2.37. The van der Waals surface area contributed by atoms with Gasteiger partial charge in [0.05, 0.1) is 18.8 Å². The van der Waals surface area contributed by atoms with Crippen molar-refractivity contribution in [2.75, 3.05) is 32.8 Å². The largest absolute Gasteiger partial charge is 0.468 e. The minimum Gasteiger partial charge on any atom is -0.468 e. The maximum atomic E-state index is 11.5. The Balaban J connectivity index is 1.63. The molecule has 0 aromatic carbocycles. The zero-order chi connectivity index (χ0) is 13.8. The van der Waals surface area contributed by atoms with Crippen LogP contribution in [0.3, 0.4) is 0 Å². The van der Waals surface area contributed by atoms with Crippen LogP contribution in [0.1, 0.15) is 37.5 Å². The molecule has 1 aromatic rings. The second-order valence-electron chi connectivity index (χ2n) is 5.52. The summed E-state index contributed by atoms with van der Waals surface area (Å²) in [4.78, 5) is 15.7. The van der Waals surface area contributed by atoms with Gasteiger partial charge < -0.3 is 14.1 Å². The number of hydrogen-bond donors (Lipinski definition) is 0. The van der Waals surface area contributed by atoms with Crippen molar-refractivity contribution in [2.45, 2.75) is 31.7 Å². The molecule has 1 aromatic heterocycles. The van der Waals surface area contributed by atoms with Gasteiger partial charge in [-0.2, -0.15) is 0 Å². The molecular weight excluding hydrogens is 256 g/mol. The fourth-order valence-electron chi connectivity index (χ4n) is 3.12. The van der Waals surface area contributed by atoms with Gasteiger partial charge >= 0.3 is 6.09 Å². The fourth-order valence-corrected chi connectivity index (χ4v) is 3.12. The highest BCUT2D eigenvalue weighted by molar-refractivity contribution is 5.69. The van der Waals surface area contributed by atoms with Crippen molar-refractivity contribution >= 4 is 6.09 Å².